The highest BCUT2D eigenvalue weighted by Crippen LogP contribution is 2.25. The molecule has 2 heterocycles. The van der Waals surface area contributed by atoms with Crippen LogP contribution in [0.2, 0.25) is 0 Å². The molecule has 0 radical (unpaired) electrons. The lowest BCUT2D eigenvalue weighted by Gasteiger charge is -1.91. The maximum absolute atomic E-state index is 9.16. The fraction of sp³-hybridized carbons (Fsp3) is 0.143. The number of rotatable bonds is 0. The van der Waals surface area contributed by atoms with Gasteiger partial charge >= 0.3 is 6.01 Å². The van der Waals surface area contributed by atoms with Gasteiger partial charge in [-0.2, -0.15) is 9.97 Å². The van der Waals surface area contributed by atoms with Crippen molar-refractivity contribution in [3.63, 3.8) is 0 Å². The van der Waals surface area contributed by atoms with Crippen LogP contribution in [-0.2, 0) is 0 Å². The van der Waals surface area contributed by atoms with Gasteiger partial charge in [0, 0.05) is 6.07 Å². The standard InChI is InChI=1S/C7H6N2O3/c1-3-2-4-5(12-3)6(10)9-7(11)8-4/h2H,1H3,(H2,8,9,10,11). The second kappa shape index (κ2) is 2.10. The van der Waals surface area contributed by atoms with E-state index in [1.54, 1.807) is 13.0 Å². The van der Waals surface area contributed by atoms with Crippen LogP contribution < -0.4 is 0 Å². The molecule has 0 atom stereocenters. The molecule has 62 valence electrons. The monoisotopic (exact) mass is 166 g/mol. The molecule has 0 amide bonds. The predicted molar refractivity (Wildman–Crippen MR) is 39.9 cm³/mol. The van der Waals surface area contributed by atoms with E-state index in [-0.39, 0.29) is 11.5 Å². The van der Waals surface area contributed by atoms with Gasteiger partial charge in [0.2, 0.25) is 5.58 Å². The lowest BCUT2D eigenvalue weighted by molar-refractivity contribution is 0.396. The average molecular weight is 166 g/mol. The number of aryl methyl sites for hydroxylation is 1. The van der Waals surface area contributed by atoms with E-state index in [0.29, 0.717) is 11.3 Å². The van der Waals surface area contributed by atoms with Crippen molar-refractivity contribution < 1.29 is 14.6 Å². The zero-order valence-corrected chi connectivity index (χ0v) is 6.27. The van der Waals surface area contributed by atoms with Crippen LogP contribution in [0.15, 0.2) is 10.5 Å². The Morgan fingerprint density at radius 1 is 1.33 bits per heavy atom. The number of aromatic nitrogens is 2. The summed E-state index contributed by atoms with van der Waals surface area (Å²) in [4.78, 5) is 6.97. The third kappa shape index (κ3) is 0.868. The van der Waals surface area contributed by atoms with Gasteiger partial charge < -0.3 is 14.6 Å². The van der Waals surface area contributed by atoms with Crippen LogP contribution in [0, 0.1) is 6.92 Å². The van der Waals surface area contributed by atoms with E-state index < -0.39 is 6.01 Å². The molecule has 0 bridgehead atoms. The maximum Gasteiger partial charge on any atom is 0.318 e. The van der Waals surface area contributed by atoms with Gasteiger partial charge in [-0.15, -0.1) is 0 Å². The molecule has 0 fully saturated rings. The quantitative estimate of drug-likeness (QED) is 0.608. The second-order valence-corrected chi connectivity index (χ2v) is 2.42. The Bertz CT molecular complexity index is 435. The molecule has 12 heavy (non-hydrogen) atoms. The van der Waals surface area contributed by atoms with E-state index in [2.05, 4.69) is 9.97 Å². The molecule has 0 saturated carbocycles. The Morgan fingerprint density at radius 3 is 2.83 bits per heavy atom. The van der Waals surface area contributed by atoms with Gasteiger partial charge in [-0.05, 0) is 6.92 Å². The minimum atomic E-state index is -0.458. The molecule has 0 aliphatic heterocycles. The van der Waals surface area contributed by atoms with Crippen molar-refractivity contribution in [2.45, 2.75) is 6.92 Å². The lowest BCUT2D eigenvalue weighted by Crippen LogP contribution is -1.80. The molecule has 0 aromatic carbocycles. The highest BCUT2D eigenvalue weighted by Gasteiger charge is 2.09. The first kappa shape index (κ1) is 6.90. The van der Waals surface area contributed by atoms with Crippen LogP contribution in [0.1, 0.15) is 5.76 Å². The topological polar surface area (TPSA) is 79.4 Å². The average Bonchev–Trinajstić information content (AvgIpc) is 2.29. The largest absolute Gasteiger partial charge is 0.490 e. The SMILES string of the molecule is Cc1cc2nc(O)nc(O)c2o1. The Morgan fingerprint density at radius 2 is 2.08 bits per heavy atom. The molecule has 5 nitrogen and oxygen atoms in total. The van der Waals surface area contributed by atoms with E-state index in [1.807, 2.05) is 0 Å². The van der Waals surface area contributed by atoms with Gasteiger partial charge in [0.05, 0.1) is 0 Å². The molecule has 2 N–H and O–H groups in total. The van der Waals surface area contributed by atoms with E-state index >= 15 is 0 Å². The van der Waals surface area contributed by atoms with Gasteiger partial charge in [-0.3, -0.25) is 0 Å². The van der Waals surface area contributed by atoms with Crippen LogP contribution in [0.5, 0.6) is 11.9 Å². The normalized spacial score (nSPS) is 10.8. The first-order valence-corrected chi connectivity index (χ1v) is 3.33. The van der Waals surface area contributed by atoms with Gasteiger partial charge in [0.15, 0.2) is 0 Å². The summed E-state index contributed by atoms with van der Waals surface area (Å²) >= 11 is 0. The summed E-state index contributed by atoms with van der Waals surface area (Å²) in [7, 11) is 0. The predicted octanol–water partition coefficient (Wildman–Crippen LogP) is 0.942. The van der Waals surface area contributed by atoms with E-state index in [4.69, 9.17) is 14.6 Å². The van der Waals surface area contributed by atoms with Crippen molar-refractivity contribution >= 4 is 11.1 Å². The Balaban J connectivity index is 2.88. The smallest absolute Gasteiger partial charge is 0.318 e. The van der Waals surface area contributed by atoms with Crippen molar-refractivity contribution in [3.8, 4) is 11.9 Å². The van der Waals surface area contributed by atoms with Crippen LogP contribution in [-0.4, -0.2) is 20.2 Å². The van der Waals surface area contributed by atoms with Crippen molar-refractivity contribution in [3.05, 3.63) is 11.8 Å². The van der Waals surface area contributed by atoms with Crippen molar-refractivity contribution in [2.75, 3.05) is 0 Å². The lowest BCUT2D eigenvalue weighted by atomic mass is 10.4. The first-order valence-electron chi connectivity index (χ1n) is 3.33. The van der Waals surface area contributed by atoms with Gasteiger partial charge in [-0.1, -0.05) is 0 Å². The number of aromatic hydroxyl groups is 2. The summed E-state index contributed by atoms with van der Waals surface area (Å²) < 4.78 is 5.07. The van der Waals surface area contributed by atoms with Gasteiger partial charge in [0.1, 0.15) is 11.3 Å². The summed E-state index contributed by atoms with van der Waals surface area (Å²) in [6, 6.07) is 1.15. The van der Waals surface area contributed by atoms with E-state index in [9.17, 15) is 0 Å². The van der Waals surface area contributed by atoms with E-state index in [1.165, 1.54) is 0 Å². The third-order valence-corrected chi connectivity index (χ3v) is 1.47. The first-order chi connectivity index (χ1) is 5.66. The summed E-state index contributed by atoms with van der Waals surface area (Å²) in [5, 5.41) is 18.1. The highest BCUT2D eigenvalue weighted by molar-refractivity contribution is 5.77. The Labute approximate surface area is 67.3 Å². The summed E-state index contributed by atoms with van der Waals surface area (Å²) in [5.74, 6) is 0.269. The minimum Gasteiger partial charge on any atom is -0.490 e. The number of hydrogen-bond donors (Lipinski definition) is 2. The van der Waals surface area contributed by atoms with Crippen LogP contribution in [0.25, 0.3) is 11.1 Å². The molecule has 0 saturated heterocycles. The zero-order valence-electron chi connectivity index (χ0n) is 6.27. The molecular formula is C7H6N2O3. The van der Waals surface area contributed by atoms with Crippen molar-refractivity contribution in [1.82, 2.24) is 9.97 Å². The number of hydrogen-bond acceptors (Lipinski definition) is 5. The maximum atomic E-state index is 9.16. The van der Waals surface area contributed by atoms with Crippen LogP contribution in [0.3, 0.4) is 0 Å². The second-order valence-electron chi connectivity index (χ2n) is 2.42. The molecule has 2 aromatic rings. The molecule has 0 unspecified atom stereocenters. The van der Waals surface area contributed by atoms with Gasteiger partial charge in [-0.25, -0.2) is 0 Å². The fourth-order valence-corrected chi connectivity index (χ4v) is 1.02. The molecular weight excluding hydrogens is 160 g/mol. The van der Waals surface area contributed by atoms with Gasteiger partial charge in [0.25, 0.3) is 5.88 Å². The highest BCUT2D eigenvalue weighted by atomic mass is 16.4. The molecule has 0 spiro atoms. The molecule has 0 aliphatic carbocycles. The van der Waals surface area contributed by atoms with Crippen LogP contribution in [0.4, 0.5) is 0 Å². The third-order valence-electron chi connectivity index (χ3n) is 1.47. The fourth-order valence-electron chi connectivity index (χ4n) is 1.02. The summed E-state index contributed by atoms with van der Waals surface area (Å²) in [6.45, 7) is 1.72. The number of nitrogens with zero attached hydrogens (tertiary/aromatic N) is 2. The Kier molecular flexibility index (Phi) is 1.21. The minimum absolute atomic E-state index is 0.199. The molecule has 0 aliphatic rings. The Hall–Kier alpha value is -1.78. The number of furan rings is 1. The van der Waals surface area contributed by atoms with Crippen LogP contribution >= 0.6 is 0 Å². The van der Waals surface area contributed by atoms with Crippen molar-refractivity contribution in [1.29, 1.82) is 0 Å². The molecule has 5 heteroatoms. The summed E-state index contributed by atoms with van der Waals surface area (Å²) in [5.41, 5.74) is 0.600. The zero-order chi connectivity index (χ0) is 8.72. The summed E-state index contributed by atoms with van der Waals surface area (Å²) in [6.07, 6.45) is 0. The molecule has 2 aromatic heterocycles. The van der Waals surface area contributed by atoms with Crippen molar-refractivity contribution in [2.24, 2.45) is 0 Å². The van der Waals surface area contributed by atoms with E-state index in [0.717, 1.165) is 0 Å². The molecule has 2 rings (SSSR count). The number of fused-ring (bicyclic) bond motifs is 1.